The predicted octanol–water partition coefficient (Wildman–Crippen LogP) is 9.29. The second kappa shape index (κ2) is 12.6. The van der Waals surface area contributed by atoms with Gasteiger partial charge in [-0.1, -0.05) is 58.5 Å². The van der Waals surface area contributed by atoms with Crippen LogP contribution in [-0.2, 0) is 0 Å². The second-order valence-electron chi connectivity index (χ2n) is 8.46. The molecule has 0 spiro atoms. The lowest BCUT2D eigenvalue weighted by Crippen LogP contribution is -2.03. The average Bonchev–Trinajstić information content (AvgIpc) is 2.93. The van der Waals surface area contributed by atoms with E-state index in [2.05, 4.69) is 9.97 Å². The molecule has 2 heterocycles. The molecule has 0 saturated heterocycles. The summed E-state index contributed by atoms with van der Waals surface area (Å²) in [6.45, 7) is 3.44. The van der Waals surface area contributed by atoms with E-state index in [1.807, 2.05) is 12.1 Å². The molecular formula is C30H20Cl4N2O3. The number of rotatable bonds is 8. The Balaban J connectivity index is 1.61. The number of halogens is 4. The molecule has 0 saturated carbocycles. The summed E-state index contributed by atoms with van der Waals surface area (Å²) in [5, 5.41) is 0.146. The third-order valence-electron chi connectivity index (χ3n) is 5.68. The number of pyridine rings is 2. The fourth-order valence-electron chi connectivity index (χ4n) is 3.78. The quantitative estimate of drug-likeness (QED) is 0.149. The first kappa shape index (κ1) is 28.5. The maximum atomic E-state index is 12.9. The lowest BCUT2D eigenvalue weighted by molar-refractivity contribution is 0.103. The number of carbonyl (C=O) groups excluding carboxylic acids is 2. The van der Waals surface area contributed by atoms with Gasteiger partial charge in [-0.2, -0.15) is 0 Å². The standard InChI is InChI=1S/C30H20Cl4N2O3/c1-17-13-23(27(31)29(33)25(17)21(37)9-7-19-5-3-11-35-15-19)39-24-14-18(2)26(30(34)28(24)32)22(38)10-8-20-6-4-12-36-16-20/h3-16H,1-2H3. The van der Waals surface area contributed by atoms with Crippen molar-refractivity contribution in [2.45, 2.75) is 13.8 Å². The van der Waals surface area contributed by atoms with E-state index in [4.69, 9.17) is 51.1 Å². The molecule has 0 aliphatic heterocycles. The van der Waals surface area contributed by atoms with Crippen LogP contribution in [0.25, 0.3) is 12.2 Å². The predicted molar refractivity (Wildman–Crippen MR) is 158 cm³/mol. The largest absolute Gasteiger partial charge is 0.454 e. The van der Waals surface area contributed by atoms with Gasteiger partial charge in [0.05, 0.1) is 10.0 Å². The molecule has 0 unspecified atom stereocenters. The molecule has 2 aromatic heterocycles. The second-order valence-corrected chi connectivity index (χ2v) is 9.97. The first-order chi connectivity index (χ1) is 18.7. The molecule has 196 valence electrons. The molecule has 0 radical (unpaired) electrons. The summed E-state index contributed by atoms with van der Waals surface area (Å²) >= 11 is 26.0. The van der Waals surface area contributed by atoms with E-state index >= 15 is 0 Å². The summed E-state index contributed by atoms with van der Waals surface area (Å²) in [4.78, 5) is 33.8. The number of hydrogen-bond acceptors (Lipinski definition) is 5. The molecule has 0 aliphatic carbocycles. The normalized spacial score (nSPS) is 11.3. The van der Waals surface area contributed by atoms with Gasteiger partial charge in [0.2, 0.25) is 0 Å². The molecule has 0 amide bonds. The minimum Gasteiger partial charge on any atom is -0.454 e. The monoisotopic (exact) mass is 596 g/mol. The van der Waals surface area contributed by atoms with Gasteiger partial charge in [0.1, 0.15) is 21.5 Å². The number of aryl methyl sites for hydroxylation is 2. The Hall–Kier alpha value is -3.48. The summed E-state index contributed by atoms with van der Waals surface area (Å²) in [7, 11) is 0. The van der Waals surface area contributed by atoms with Gasteiger partial charge in [-0.15, -0.1) is 0 Å². The summed E-state index contributed by atoms with van der Waals surface area (Å²) in [6.07, 6.45) is 12.6. The van der Waals surface area contributed by atoms with Crippen LogP contribution >= 0.6 is 46.4 Å². The highest BCUT2D eigenvalue weighted by atomic mass is 35.5. The van der Waals surface area contributed by atoms with E-state index in [0.717, 1.165) is 11.1 Å². The van der Waals surface area contributed by atoms with Gasteiger partial charge in [0.15, 0.2) is 11.6 Å². The molecule has 4 rings (SSSR count). The zero-order chi connectivity index (χ0) is 28.1. The number of allylic oxidation sites excluding steroid dienone is 2. The summed E-state index contributed by atoms with van der Waals surface area (Å²) < 4.78 is 5.98. The number of ether oxygens (including phenoxy) is 1. The van der Waals surface area contributed by atoms with E-state index in [0.29, 0.717) is 11.1 Å². The van der Waals surface area contributed by atoms with Crippen molar-refractivity contribution in [3.8, 4) is 11.5 Å². The molecule has 2 aromatic carbocycles. The smallest absolute Gasteiger partial charge is 0.187 e. The average molecular weight is 598 g/mol. The maximum absolute atomic E-state index is 12.9. The number of benzene rings is 2. The van der Waals surface area contributed by atoms with Gasteiger partial charge in [-0.05, 0) is 84.7 Å². The minimum absolute atomic E-state index is 0.0322. The maximum Gasteiger partial charge on any atom is 0.187 e. The van der Waals surface area contributed by atoms with Crippen LogP contribution < -0.4 is 4.74 Å². The molecule has 39 heavy (non-hydrogen) atoms. The summed E-state index contributed by atoms with van der Waals surface area (Å²) in [5.41, 5.74) is 3.12. The SMILES string of the molecule is Cc1cc(Oc2cc(C)c(C(=O)C=Cc3cccnc3)c(Cl)c2Cl)c(Cl)c(Cl)c1C(=O)C=Cc1cccnc1. The van der Waals surface area contributed by atoms with Crippen LogP contribution in [0.3, 0.4) is 0 Å². The fourth-order valence-corrected chi connectivity index (χ4v) is 4.82. The Labute approximate surface area is 245 Å². The van der Waals surface area contributed by atoms with Crippen LogP contribution in [0.1, 0.15) is 43.0 Å². The Bertz CT molecular complexity index is 1500. The van der Waals surface area contributed by atoms with Crippen molar-refractivity contribution < 1.29 is 14.3 Å². The Morgan fingerprint density at radius 1 is 0.692 bits per heavy atom. The number of carbonyl (C=O) groups is 2. The van der Waals surface area contributed by atoms with Crippen molar-refractivity contribution in [2.24, 2.45) is 0 Å². The number of hydrogen-bond donors (Lipinski definition) is 0. The zero-order valence-electron chi connectivity index (χ0n) is 20.7. The highest BCUT2D eigenvalue weighted by Gasteiger charge is 2.22. The van der Waals surface area contributed by atoms with Crippen LogP contribution in [0.15, 0.2) is 73.3 Å². The van der Waals surface area contributed by atoms with Gasteiger partial charge in [-0.25, -0.2) is 0 Å². The van der Waals surface area contributed by atoms with Crippen LogP contribution in [0, 0.1) is 13.8 Å². The molecular weight excluding hydrogens is 578 g/mol. The Kier molecular flexibility index (Phi) is 9.20. The number of ketones is 2. The van der Waals surface area contributed by atoms with E-state index < -0.39 is 0 Å². The molecule has 0 atom stereocenters. The van der Waals surface area contributed by atoms with Crippen LogP contribution in [0.5, 0.6) is 11.5 Å². The molecule has 9 heteroatoms. The lowest BCUT2D eigenvalue weighted by atomic mass is 10.0. The highest BCUT2D eigenvalue weighted by molar-refractivity contribution is 6.46. The van der Waals surface area contributed by atoms with Crippen molar-refractivity contribution in [2.75, 3.05) is 0 Å². The Morgan fingerprint density at radius 3 is 1.46 bits per heavy atom. The molecule has 0 aliphatic rings. The van der Waals surface area contributed by atoms with Crippen LogP contribution in [0.4, 0.5) is 0 Å². The number of aromatic nitrogens is 2. The van der Waals surface area contributed by atoms with Gasteiger partial charge in [-0.3, -0.25) is 19.6 Å². The third kappa shape index (κ3) is 6.57. The lowest BCUT2D eigenvalue weighted by Gasteiger charge is -2.16. The minimum atomic E-state index is -0.325. The third-order valence-corrected chi connectivity index (χ3v) is 7.38. The molecule has 0 fully saturated rings. The summed E-state index contributed by atoms with van der Waals surface area (Å²) in [6, 6.07) is 10.4. The molecule has 5 nitrogen and oxygen atoms in total. The van der Waals surface area contributed by atoms with Crippen molar-refractivity contribution in [1.29, 1.82) is 0 Å². The van der Waals surface area contributed by atoms with E-state index in [1.54, 1.807) is 75.1 Å². The van der Waals surface area contributed by atoms with Crippen molar-refractivity contribution in [3.05, 3.63) is 127 Å². The van der Waals surface area contributed by atoms with E-state index in [-0.39, 0.29) is 54.3 Å². The first-order valence-corrected chi connectivity index (χ1v) is 13.1. The van der Waals surface area contributed by atoms with Crippen molar-refractivity contribution >= 4 is 70.1 Å². The zero-order valence-corrected chi connectivity index (χ0v) is 23.7. The van der Waals surface area contributed by atoms with E-state index in [1.165, 1.54) is 12.2 Å². The molecule has 4 aromatic rings. The van der Waals surface area contributed by atoms with Crippen molar-refractivity contribution in [3.63, 3.8) is 0 Å². The molecule has 0 bridgehead atoms. The van der Waals surface area contributed by atoms with Gasteiger partial charge >= 0.3 is 0 Å². The van der Waals surface area contributed by atoms with Gasteiger partial charge in [0.25, 0.3) is 0 Å². The van der Waals surface area contributed by atoms with Crippen LogP contribution in [-0.4, -0.2) is 21.5 Å². The Morgan fingerprint density at radius 2 is 1.10 bits per heavy atom. The number of nitrogens with zero attached hydrogens (tertiary/aromatic N) is 2. The van der Waals surface area contributed by atoms with Gasteiger partial charge in [0, 0.05) is 35.9 Å². The van der Waals surface area contributed by atoms with Crippen molar-refractivity contribution in [1.82, 2.24) is 9.97 Å². The molecule has 0 N–H and O–H groups in total. The highest BCUT2D eigenvalue weighted by Crippen LogP contribution is 2.44. The van der Waals surface area contributed by atoms with E-state index in [9.17, 15) is 9.59 Å². The van der Waals surface area contributed by atoms with Crippen LogP contribution in [0.2, 0.25) is 20.1 Å². The topological polar surface area (TPSA) is 69.2 Å². The van der Waals surface area contributed by atoms with Gasteiger partial charge < -0.3 is 4.74 Å². The first-order valence-electron chi connectivity index (χ1n) is 11.6. The summed E-state index contributed by atoms with van der Waals surface area (Å²) in [5.74, 6) is -0.289. The fraction of sp³-hybridized carbons (Fsp3) is 0.0667.